The first-order valence-corrected chi connectivity index (χ1v) is 34.5. The number of ether oxygens (including phenoxy) is 8. The molecular formula is C68H79Cl2FN11O12P. The third-order valence-corrected chi connectivity index (χ3v) is 19.7. The first-order valence-electron chi connectivity index (χ1n) is 32.3. The molecule has 23 nitrogen and oxygen atoms in total. The average Bonchev–Trinajstić information content (AvgIpc) is 1.57. The molecule has 3 aromatic carbocycles. The number of nitrogens with two attached hydrogens (primary N) is 2. The zero-order valence-corrected chi connectivity index (χ0v) is 56.2. The third-order valence-electron chi connectivity index (χ3n) is 17.5. The Balaban J connectivity index is 0.868. The van der Waals surface area contributed by atoms with Crippen molar-refractivity contribution in [3.05, 3.63) is 141 Å². The number of hydrogen-bond acceptors (Lipinski definition) is 21. The number of halogens is 3. The van der Waals surface area contributed by atoms with Crippen molar-refractivity contribution in [3.8, 4) is 29.7 Å². The van der Waals surface area contributed by atoms with Crippen LogP contribution in [0.3, 0.4) is 0 Å². The van der Waals surface area contributed by atoms with Crippen molar-refractivity contribution in [2.45, 2.75) is 203 Å². The molecule has 8 heterocycles. The number of phosphoric ester groups is 1. The quantitative estimate of drug-likeness (QED) is 0.0292. The maximum absolute atomic E-state index is 15.9. The van der Waals surface area contributed by atoms with Gasteiger partial charge in [-0.25, -0.2) is 28.0 Å². The van der Waals surface area contributed by atoms with Crippen LogP contribution in [0.5, 0.6) is 11.5 Å². The summed E-state index contributed by atoms with van der Waals surface area (Å²) in [5.41, 5.74) is 12.1. The standard InChI is InChI=1S/C68H79Cl2FN11O12P/c1-6-7-8-9-10-11-12-13-14-15-16-17-18-29-84-37-48(85-36-44-30-43(35-72)31-47(71)32-44)38-86-95(83,93-53-23-19-21-45(55(53)69)33-67(39-73)61-59(87-65(2,3)91-61)57(89-67)49-25-27-51-63(75)77-41-79-81(49)51)94-54-24-20-22-46(56(54)70)34-68(40-74)62-60(88-66(4,5)92-62)58(90-68)50-26-28-52-64(76)78-42-80-82(50)52/h19-28,30-32,41-42,48,57-62H,6-18,29,33-34,36-38H2,1-5H3,(H2,75,77,79)(H2,76,78,80)/t48-,57+,58+,59?,60?,61?,62?,67-,68-,95?/m1/s1. The molecule has 0 aliphatic carbocycles. The van der Waals surface area contributed by atoms with Crippen LogP contribution in [0, 0.1) is 39.8 Å². The van der Waals surface area contributed by atoms with Gasteiger partial charge in [0.2, 0.25) is 0 Å². The van der Waals surface area contributed by atoms with E-state index in [1.807, 2.05) is 6.07 Å². The molecular weight excluding hydrogens is 1280 g/mol. The Bertz CT molecular complexity index is 3850. The topological polar surface area (TPSA) is 302 Å². The smallest absolute Gasteiger partial charge is 0.393 e. The van der Waals surface area contributed by atoms with Crippen LogP contribution >= 0.6 is 31.0 Å². The molecule has 0 radical (unpaired) electrons. The molecule has 0 amide bonds. The second-order valence-electron chi connectivity index (χ2n) is 25.5. The fourth-order valence-electron chi connectivity index (χ4n) is 13.0. The molecule has 9 atom stereocenters. The first kappa shape index (κ1) is 69.3. The van der Waals surface area contributed by atoms with Crippen LogP contribution in [0.4, 0.5) is 16.0 Å². The van der Waals surface area contributed by atoms with E-state index in [0.717, 1.165) is 31.7 Å². The molecule has 27 heteroatoms. The zero-order valence-electron chi connectivity index (χ0n) is 53.8. The molecule has 0 saturated carbocycles. The highest BCUT2D eigenvalue weighted by Crippen LogP contribution is 2.57. The van der Waals surface area contributed by atoms with Gasteiger partial charge in [-0.05, 0) is 105 Å². The lowest BCUT2D eigenvalue weighted by atomic mass is 9.88. The summed E-state index contributed by atoms with van der Waals surface area (Å²) in [5, 5.41) is 40.8. The largest absolute Gasteiger partial charge is 0.587 e. The fourth-order valence-corrected chi connectivity index (χ4v) is 14.9. The number of benzene rings is 3. The minimum Gasteiger partial charge on any atom is -0.393 e. The Labute approximate surface area is 561 Å². The van der Waals surface area contributed by atoms with Crippen LogP contribution in [-0.2, 0) is 66.4 Å². The number of nitrogen functional groups attached to an aromatic ring is 2. The summed E-state index contributed by atoms with van der Waals surface area (Å²) >= 11 is 14.7. The third kappa shape index (κ3) is 15.5. The maximum atomic E-state index is 15.9. The van der Waals surface area contributed by atoms with Gasteiger partial charge in [-0.1, -0.05) is 131 Å². The summed E-state index contributed by atoms with van der Waals surface area (Å²) in [7, 11) is -5.07. The van der Waals surface area contributed by atoms with E-state index in [1.54, 1.807) is 85.3 Å². The van der Waals surface area contributed by atoms with Crippen LogP contribution in [0.1, 0.15) is 164 Å². The molecule has 0 spiro atoms. The Morgan fingerprint density at radius 2 is 1.13 bits per heavy atom. The molecule has 4 unspecified atom stereocenters. The minimum atomic E-state index is -5.07. The summed E-state index contributed by atoms with van der Waals surface area (Å²) in [4.78, 5) is 8.24. The number of aromatic nitrogens is 6. The SMILES string of the molecule is CCCCCCCCCCCCCCCOC[C@H](COP(=O)(Oc1cccc(C[C@]2(C#N)O[C@@H](c3ccc4c(N)ncnn34)C3OC(C)(C)OC32)c1Cl)Oc1cccc(C[C@]2(C#N)O[C@@H](c3ccc4c(N)ncnn34)C3OC(C)(C)OC32)c1Cl)OCc1cc(F)cc(C#N)c1. The van der Waals surface area contributed by atoms with Gasteiger partial charge in [-0.3, -0.25) is 4.52 Å². The Hall–Kier alpha value is -7.05. The van der Waals surface area contributed by atoms with E-state index in [1.165, 1.54) is 94.7 Å². The highest BCUT2D eigenvalue weighted by molar-refractivity contribution is 7.49. The fraction of sp³-hybridized carbons (Fsp3) is 0.515. The van der Waals surface area contributed by atoms with Crippen molar-refractivity contribution < 1.29 is 60.4 Å². The lowest BCUT2D eigenvalue weighted by molar-refractivity contribution is -0.200. The number of hydrogen-bond donors (Lipinski definition) is 2. The predicted octanol–water partition coefficient (Wildman–Crippen LogP) is 13.7. The molecule has 4 aliphatic heterocycles. The van der Waals surface area contributed by atoms with E-state index in [0.29, 0.717) is 45.7 Å². The lowest BCUT2D eigenvalue weighted by Gasteiger charge is -2.30. The number of fused-ring (bicyclic) bond motifs is 4. The predicted molar refractivity (Wildman–Crippen MR) is 348 cm³/mol. The number of phosphoric acid groups is 1. The van der Waals surface area contributed by atoms with E-state index >= 15 is 4.57 Å². The van der Waals surface area contributed by atoms with E-state index in [4.69, 9.17) is 86.1 Å². The van der Waals surface area contributed by atoms with Gasteiger partial charge in [0.1, 0.15) is 84.4 Å². The second kappa shape index (κ2) is 29.7. The van der Waals surface area contributed by atoms with Crippen LogP contribution in [0.25, 0.3) is 11.0 Å². The molecule has 4 saturated heterocycles. The molecule has 95 heavy (non-hydrogen) atoms. The first-order chi connectivity index (χ1) is 45.7. The number of anilines is 2. The summed E-state index contributed by atoms with van der Waals surface area (Å²) < 4.78 is 105. The molecule has 7 aromatic rings. The number of rotatable bonds is 32. The molecule has 0 bridgehead atoms. The van der Waals surface area contributed by atoms with Gasteiger partial charge in [0.05, 0.1) is 52.9 Å². The Kier molecular flexibility index (Phi) is 21.7. The maximum Gasteiger partial charge on any atom is 0.587 e. The monoisotopic (exact) mass is 1360 g/mol. The van der Waals surface area contributed by atoms with Gasteiger partial charge in [0, 0.05) is 19.4 Å². The Morgan fingerprint density at radius 1 is 0.642 bits per heavy atom. The van der Waals surface area contributed by atoms with E-state index < -0.39 is 85.8 Å². The van der Waals surface area contributed by atoms with Gasteiger partial charge in [-0.15, -0.1) is 0 Å². The van der Waals surface area contributed by atoms with Crippen LogP contribution in [-0.4, -0.2) is 102 Å². The number of nitrogens with zero attached hydrogens (tertiary/aromatic N) is 9. The van der Waals surface area contributed by atoms with E-state index in [-0.39, 0.29) is 64.8 Å². The minimum absolute atomic E-state index is 0.0755. The number of nitriles is 3. The van der Waals surface area contributed by atoms with Crippen LogP contribution in [0.2, 0.25) is 10.0 Å². The van der Waals surface area contributed by atoms with Crippen LogP contribution < -0.4 is 20.5 Å². The molecule has 4 fully saturated rings. The van der Waals surface area contributed by atoms with Crippen molar-refractivity contribution >= 4 is 53.7 Å². The molecule has 4 aromatic heterocycles. The summed E-state index contributed by atoms with van der Waals surface area (Å²) in [6, 6.07) is 27.0. The van der Waals surface area contributed by atoms with Crippen LogP contribution in [0.15, 0.2) is 91.5 Å². The van der Waals surface area contributed by atoms with E-state index in [2.05, 4.69) is 39.2 Å². The normalized spacial score (nSPS) is 24.2. The Morgan fingerprint density at radius 3 is 1.60 bits per heavy atom. The molecule has 504 valence electrons. The van der Waals surface area contributed by atoms with Gasteiger partial charge < -0.3 is 58.4 Å². The van der Waals surface area contributed by atoms with Gasteiger partial charge in [0.25, 0.3) is 0 Å². The molecule has 4 aliphatic rings. The van der Waals surface area contributed by atoms with Crippen molar-refractivity contribution in [3.63, 3.8) is 0 Å². The van der Waals surface area contributed by atoms with Gasteiger partial charge >= 0.3 is 7.82 Å². The van der Waals surface area contributed by atoms with Crippen molar-refractivity contribution in [1.29, 1.82) is 15.8 Å². The summed E-state index contributed by atoms with van der Waals surface area (Å²) in [5.74, 6) is -2.85. The highest BCUT2D eigenvalue weighted by Gasteiger charge is 2.66. The molecule has 4 N–H and O–H groups in total. The summed E-state index contributed by atoms with van der Waals surface area (Å²) in [6.07, 6.45) is 11.2. The van der Waals surface area contributed by atoms with E-state index in [9.17, 15) is 20.2 Å². The second-order valence-corrected chi connectivity index (χ2v) is 27.7. The number of unbranched alkanes of at least 4 members (excludes halogenated alkanes) is 12. The van der Waals surface area contributed by atoms with Crippen molar-refractivity contribution in [2.24, 2.45) is 0 Å². The highest BCUT2D eigenvalue weighted by atomic mass is 35.5. The van der Waals surface area contributed by atoms with Crippen molar-refractivity contribution in [2.75, 3.05) is 31.3 Å². The van der Waals surface area contributed by atoms with Crippen molar-refractivity contribution in [1.82, 2.24) is 29.2 Å². The lowest BCUT2D eigenvalue weighted by Crippen LogP contribution is -2.44. The van der Waals surface area contributed by atoms with Gasteiger partial charge in [-0.2, -0.15) is 26.0 Å². The van der Waals surface area contributed by atoms with Gasteiger partial charge in [0.15, 0.2) is 45.9 Å². The average molecular weight is 1360 g/mol. The molecule has 11 rings (SSSR count). The summed E-state index contributed by atoms with van der Waals surface area (Å²) in [6.45, 7) is 8.79. The zero-order chi connectivity index (χ0) is 67.1.